The summed E-state index contributed by atoms with van der Waals surface area (Å²) in [5, 5.41) is 15.3. The molecule has 1 aromatic rings. The standard InChI is InChI=1S/C13H17N3O2/c1-13(15-18)11(14-16(2)12(13)9-17)8-10-6-4-3-5-7-10/h3-7,9,12,15,18H,8H2,1-2H3. The number of hydrogen-bond donors (Lipinski definition) is 2. The second-order valence-electron chi connectivity index (χ2n) is 4.68. The molecule has 1 aliphatic rings. The van der Waals surface area contributed by atoms with Crippen LogP contribution in [0.4, 0.5) is 0 Å². The van der Waals surface area contributed by atoms with E-state index in [-0.39, 0.29) is 0 Å². The van der Waals surface area contributed by atoms with Crippen molar-refractivity contribution in [2.75, 3.05) is 7.05 Å². The first-order chi connectivity index (χ1) is 8.61. The molecule has 0 radical (unpaired) electrons. The van der Waals surface area contributed by atoms with Crippen molar-refractivity contribution in [3.63, 3.8) is 0 Å². The first-order valence-electron chi connectivity index (χ1n) is 5.83. The lowest BCUT2D eigenvalue weighted by molar-refractivity contribution is -0.114. The van der Waals surface area contributed by atoms with Gasteiger partial charge in [0.05, 0.1) is 5.71 Å². The highest BCUT2D eigenvalue weighted by Crippen LogP contribution is 2.25. The summed E-state index contributed by atoms with van der Waals surface area (Å²) in [5.41, 5.74) is 3.24. The summed E-state index contributed by atoms with van der Waals surface area (Å²) in [7, 11) is 1.73. The second-order valence-corrected chi connectivity index (χ2v) is 4.68. The van der Waals surface area contributed by atoms with Crippen molar-refractivity contribution in [1.29, 1.82) is 0 Å². The molecule has 18 heavy (non-hydrogen) atoms. The summed E-state index contributed by atoms with van der Waals surface area (Å²) in [6, 6.07) is 9.35. The third-order valence-corrected chi connectivity index (χ3v) is 3.45. The van der Waals surface area contributed by atoms with E-state index < -0.39 is 11.6 Å². The van der Waals surface area contributed by atoms with E-state index in [9.17, 15) is 10.0 Å². The van der Waals surface area contributed by atoms with Gasteiger partial charge >= 0.3 is 0 Å². The molecular weight excluding hydrogens is 230 g/mol. The highest BCUT2D eigenvalue weighted by molar-refractivity contribution is 5.99. The number of aldehydes is 1. The lowest BCUT2D eigenvalue weighted by atomic mass is 9.86. The molecule has 2 rings (SSSR count). The second kappa shape index (κ2) is 4.88. The van der Waals surface area contributed by atoms with Crippen molar-refractivity contribution in [2.24, 2.45) is 5.10 Å². The molecule has 0 aliphatic carbocycles. The van der Waals surface area contributed by atoms with Crippen molar-refractivity contribution < 1.29 is 10.0 Å². The molecule has 0 saturated carbocycles. The van der Waals surface area contributed by atoms with E-state index in [4.69, 9.17) is 0 Å². The molecular formula is C13H17N3O2. The summed E-state index contributed by atoms with van der Waals surface area (Å²) in [5.74, 6) is 0. The van der Waals surface area contributed by atoms with Crippen molar-refractivity contribution in [3.8, 4) is 0 Å². The van der Waals surface area contributed by atoms with Crippen LogP contribution in [0.2, 0.25) is 0 Å². The van der Waals surface area contributed by atoms with E-state index in [1.807, 2.05) is 30.3 Å². The van der Waals surface area contributed by atoms with Gasteiger partial charge in [0.25, 0.3) is 0 Å². The van der Waals surface area contributed by atoms with Crippen molar-refractivity contribution in [1.82, 2.24) is 10.5 Å². The fourth-order valence-electron chi connectivity index (χ4n) is 2.26. The molecule has 1 aromatic carbocycles. The quantitative estimate of drug-likeness (QED) is 0.611. The van der Waals surface area contributed by atoms with Gasteiger partial charge in [-0.3, -0.25) is 5.01 Å². The van der Waals surface area contributed by atoms with Crippen molar-refractivity contribution in [3.05, 3.63) is 35.9 Å². The minimum Gasteiger partial charge on any atom is -0.316 e. The Morgan fingerprint density at radius 1 is 1.50 bits per heavy atom. The molecule has 5 nitrogen and oxygen atoms in total. The van der Waals surface area contributed by atoms with Gasteiger partial charge in [-0.2, -0.15) is 10.6 Å². The average molecular weight is 247 g/mol. The number of likely N-dealkylation sites (N-methyl/N-ethyl adjacent to an activating group) is 1. The van der Waals surface area contributed by atoms with E-state index in [1.165, 1.54) is 0 Å². The Kier molecular flexibility index (Phi) is 3.45. The topological polar surface area (TPSA) is 64.9 Å². The number of benzene rings is 1. The fourth-order valence-corrected chi connectivity index (χ4v) is 2.26. The smallest absolute Gasteiger partial charge is 0.146 e. The van der Waals surface area contributed by atoms with E-state index in [1.54, 1.807) is 19.0 Å². The number of hydroxylamine groups is 1. The number of nitrogens with one attached hydrogen (secondary N) is 1. The number of rotatable bonds is 4. The van der Waals surface area contributed by atoms with Crippen LogP contribution in [0.15, 0.2) is 35.4 Å². The van der Waals surface area contributed by atoms with Gasteiger partial charge in [0, 0.05) is 13.5 Å². The Balaban J connectivity index is 2.27. The molecule has 2 atom stereocenters. The van der Waals surface area contributed by atoms with E-state index in [0.29, 0.717) is 6.42 Å². The molecule has 0 fully saturated rings. The van der Waals surface area contributed by atoms with Crippen LogP contribution in [0.3, 0.4) is 0 Å². The zero-order valence-corrected chi connectivity index (χ0v) is 10.5. The van der Waals surface area contributed by atoms with Crippen LogP contribution >= 0.6 is 0 Å². The minimum absolute atomic E-state index is 0.499. The number of hydrazone groups is 1. The number of nitrogens with zero attached hydrogens (tertiary/aromatic N) is 2. The molecule has 2 N–H and O–H groups in total. The molecule has 0 bridgehead atoms. The molecule has 0 amide bonds. The van der Waals surface area contributed by atoms with Gasteiger partial charge in [0.1, 0.15) is 17.9 Å². The molecule has 2 unspecified atom stereocenters. The molecule has 5 heteroatoms. The van der Waals surface area contributed by atoms with Gasteiger partial charge < -0.3 is 10.0 Å². The predicted molar refractivity (Wildman–Crippen MR) is 68.5 cm³/mol. The van der Waals surface area contributed by atoms with Gasteiger partial charge in [0.2, 0.25) is 0 Å². The lowest BCUT2D eigenvalue weighted by Crippen LogP contribution is -2.57. The number of hydrogen-bond acceptors (Lipinski definition) is 5. The zero-order valence-electron chi connectivity index (χ0n) is 10.5. The molecule has 0 saturated heterocycles. The Morgan fingerprint density at radius 3 is 2.72 bits per heavy atom. The normalized spacial score (nSPS) is 27.2. The van der Waals surface area contributed by atoms with Crippen LogP contribution in [-0.4, -0.2) is 40.8 Å². The number of carbonyl (C=O) groups excluding carboxylic acids is 1. The Hall–Kier alpha value is -1.72. The molecule has 1 heterocycles. The van der Waals surface area contributed by atoms with E-state index >= 15 is 0 Å². The van der Waals surface area contributed by atoms with Crippen LogP contribution in [0.25, 0.3) is 0 Å². The Morgan fingerprint density at radius 2 is 2.17 bits per heavy atom. The maximum atomic E-state index is 11.1. The summed E-state index contributed by atoms with van der Waals surface area (Å²) in [4.78, 5) is 11.1. The molecule has 0 spiro atoms. The van der Waals surface area contributed by atoms with Gasteiger partial charge in [0.15, 0.2) is 0 Å². The molecule has 0 aromatic heterocycles. The number of carbonyl (C=O) groups is 1. The SMILES string of the molecule is CN1N=C(Cc2ccccc2)C(C)(NO)C1C=O. The summed E-state index contributed by atoms with van der Waals surface area (Å²) < 4.78 is 0. The fraction of sp³-hybridized carbons (Fsp3) is 0.385. The first kappa shape index (κ1) is 12.7. The van der Waals surface area contributed by atoms with E-state index in [0.717, 1.165) is 17.6 Å². The van der Waals surface area contributed by atoms with Crippen LogP contribution in [0.5, 0.6) is 0 Å². The van der Waals surface area contributed by atoms with E-state index in [2.05, 4.69) is 10.6 Å². The predicted octanol–water partition coefficient (Wildman–Crippen LogP) is 0.836. The largest absolute Gasteiger partial charge is 0.316 e. The van der Waals surface area contributed by atoms with Gasteiger partial charge in [-0.1, -0.05) is 30.3 Å². The summed E-state index contributed by atoms with van der Waals surface area (Å²) in [6.07, 6.45) is 1.39. The first-order valence-corrected chi connectivity index (χ1v) is 5.83. The average Bonchev–Trinajstić information content (AvgIpc) is 2.62. The van der Waals surface area contributed by atoms with Crippen LogP contribution in [0.1, 0.15) is 12.5 Å². The Labute approximate surface area is 106 Å². The van der Waals surface area contributed by atoms with Crippen LogP contribution < -0.4 is 5.48 Å². The monoisotopic (exact) mass is 247 g/mol. The lowest BCUT2D eigenvalue weighted by Gasteiger charge is -2.29. The van der Waals surface area contributed by atoms with Gasteiger partial charge in [-0.25, -0.2) is 0 Å². The molecule has 96 valence electrons. The van der Waals surface area contributed by atoms with Crippen molar-refractivity contribution >= 4 is 12.0 Å². The highest BCUT2D eigenvalue weighted by atomic mass is 16.5. The van der Waals surface area contributed by atoms with Gasteiger partial charge in [-0.15, -0.1) is 0 Å². The third kappa shape index (κ3) is 2.02. The molecule has 1 aliphatic heterocycles. The summed E-state index contributed by atoms with van der Waals surface area (Å²) in [6.45, 7) is 1.78. The Bertz CT molecular complexity index is 461. The van der Waals surface area contributed by atoms with Crippen molar-refractivity contribution in [2.45, 2.75) is 24.9 Å². The third-order valence-electron chi connectivity index (χ3n) is 3.45. The minimum atomic E-state index is -0.841. The van der Waals surface area contributed by atoms with Crippen LogP contribution in [-0.2, 0) is 11.2 Å². The maximum absolute atomic E-state index is 11.1. The maximum Gasteiger partial charge on any atom is 0.146 e. The highest BCUT2D eigenvalue weighted by Gasteiger charge is 2.46. The van der Waals surface area contributed by atoms with Gasteiger partial charge in [-0.05, 0) is 12.5 Å². The summed E-state index contributed by atoms with van der Waals surface area (Å²) >= 11 is 0. The zero-order chi connectivity index (χ0) is 13.2. The van der Waals surface area contributed by atoms with Crippen LogP contribution in [0, 0.1) is 0 Å².